The Morgan fingerprint density at radius 2 is 1.92 bits per heavy atom. The SMILES string of the molecule is CCP(=O)(OC)c1ccccc1. The lowest BCUT2D eigenvalue weighted by Crippen LogP contribution is -2.06. The van der Waals surface area contributed by atoms with Gasteiger partial charge in [-0.05, 0) is 12.1 Å². The normalized spacial score (nSPS) is 15.5. The molecule has 0 saturated carbocycles. The van der Waals surface area contributed by atoms with Gasteiger partial charge in [0.1, 0.15) is 0 Å². The number of rotatable bonds is 3. The molecule has 66 valence electrons. The minimum atomic E-state index is -2.53. The van der Waals surface area contributed by atoms with E-state index in [0.29, 0.717) is 6.16 Å². The van der Waals surface area contributed by atoms with Crippen molar-refractivity contribution >= 4 is 12.7 Å². The molecule has 0 amide bonds. The first-order valence-electron chi connectivity index (χ1n) is 3.93. The van der Waals surface area contributed by atoms with Gasteiger partial charge in [-0.2, -0.15) is 0 Å². The Hall–Kier alpha value is -0.590. The number of benzene rings is 1. The molecule has 0 aliphatic rings. The van der Waals surface area contributed by atoms with Crippen molar-refractivity contribution < 1.29 is 9.09 Å². The van der Waals surface area contributed by atoms with Crippen molar-refractivity contribution in [2.45, 2.75) is 6.92 Å². The summed E-state index contributed by atoms with van der Waals surface area (Å²) in [6.07, 6.45) is 0.549. The van der Waals surface area contributed by atoms with Crippen LogP contribution < -0.4 is 5.30 Å². The van der Waals surface area contributed by atoms with Gasteiger partial charge < -0.3 is 4.52 Å². The Balaban J connectivity index is 3.04. The van der Waals surface area contributed by atoms with Crippen LogP contribution in [0.15, 0.2) is 30.3 Å². The van der Waals surface area contributed by atoms with Gasteiger partial charge in [0, 0.05) is 18.6 Å². The molecule has 0 radical (unpaired) electrons. The Morgan fingerprint density at radius 1 is 1.33 bits per heavy atom. The van der Waals surface area contributed by atoms with Gasteiger partial charge in [-0.15, -0.1) is 0 Å². The number of hydrogen-bond acceptors (Lipinski definition) is 2. The molecule has 1 aromatic rings. The summed E-state index contributed by atoms with van der Waals surface area (Å²) in [5.74, 6) is 0. The molecule has 1 atom stereocenters. The molecule has 1 rings (SSSR count). The smallest absolute Gasteiger partial charge is 0.231 e. The first kappa shape index (κ1) is 9.50. The van der Waals surface area contributed by atoms with Crippen LogP contribution >= 0.6 is 7.37 Å². The average Bonchev–Trinajstić information content (AvgIpc) is 2.18. The predicted octanol–water partition coefficient (Wildman–Crippen LogP) is 2.26. The molecule has 0 spiro atoms. The van der Waals surface area contributed by atoms with Crippen LogP contribution in [0, 0.1) is 0 Å². The van der Waals surface area contributed by atoms with Crippen molar-refractivity contribution in [3.63, 3.8) is 0 Å². The Morgan fingerprint density at radius 3 is 2.33 bits per heavy atom. The molecular weight excluding hydrogens is 171 g/mol. The second kappa shape index (κ2) is 3.88. The van der Waals surface area contributed by atoms with E-state index < -0.39 is 7.37 Å². The fraction of sp³-hybridized carbons (Fsp3) is 0.333. The van der Waals surface area contributed by atoms with Gasteiger partial charge in [0.2, 0.25) is 7.37 Å². The zero-order chi connectivity index (χ0) is 9.03. The van der Waals surface area contributed by atoms with Gasteiger partial charge in [0.15, 0.2) is 0 Å². The molecule has 3 heteroatoms. The van der Waals surface area contributed by atoms with Gasteiger partial charge in [-0.1, -0.05) is 25.1 Å². The van der Waals surface area contributed by atoms with Crippen LogP contribution in [0.1, 0.15) is 6.92 Å². The van der Waals surface area contributed by atoms with Crippen molar-refractivity contribution in [2.24, 2.45) is 0 Å². The summed E-state index contributed by atoms with van der Waals surface area (Å²) in [6, 6.07) is 9.33. The van der Waals surface area contributed by atoms with Crippen LogP contribution in [0.4, 0.5) is 0 Å². The molecule has 1 unspecified atom stereocenters. The highest BCUT2D eigenvalue weighted by Gasteiger charge is 2.20. The largest absolute Gasteiger partial charge is 0.329 e. The second-order valence-electron chi connectivity index (χ2n) is 2.51. The lowest BCUT2D eigenvalue weighted by Gasteiger charge is -2.13. The maximum Gasteiger partial charge on any atom is 0.231 e. The summed E-state index contributed by atoms with van der Waals surface area (Å²) in [4.78, 5) is 0. The van der Waals surface area contributed by atoms with E-state index in [0.717, 1.165) is 5.30 Å². The third-order valence-corrected chi connectivity index (χ3v) is 4.37. The second-order valence-corrected chi connectivity index (χ2v) is 5.37. The Bertz CT molecular complexity index is 274. The van der Waals surface area contributed by atoms with Crippen LogP contribution in [0.25, 0.3) is 0 Å². The molecule has 0 heterocycles. The summed E-state index contributed by atoms with van der Waals surface area (Å²) in [5.41, 5.74) is 0. The third kappa shape index (κ3) is 1.77. The Kier molecular flexibility index (Phi) is 3.07. The minimum Gasteiger partial charge on any atom is -0.329 e. The zero-order valence-electron chi connectivity index (χ0n) is 7.36. The molecular formula is C9H13O2P. The average molecular weight is 184 g/mol. The molecule has 0 fully saturated rings. The van der Waals surface area contributed by atoms with Crippen molar-refractivity contribution in [2.75, 3.05) is 13.3 Å². The third-order valence-electron chi connectivity index (χ3n) is 1.86. The van der Waals surface area contributed by atoms with E-state index in [1.165, 1.54) is 7.11 Å². The summed E-state index contributed by atoms with van der Waals surface area (Å²) in [6.45, 7) is 1.87. The standard InChI is InChI=1S/C9H13O2P/c1-3-12(10,11-2)9-7-5-4-6-8-9/h4-8H,3H2,1-2H3. The zero-order valence-corrected chi connectivity index (χ0v) is 8.25. The molecule has 0 aliphatic carbocycles. The van der Waals surface area contributed by atoms with Gasteiger partial charge in [0.05, 0.1) is 0 Å². The fourth-order valence-electron chi connectivity index (χ4n) is 1.07. The fourth-order valence-corrected chi connectivity index (χ4v) is 2.53. The molecule has 1 aromatic carbocycles. The van der Waals surface area contributed by atoms with E-state index in [1.54, 1.807) is 0 Å². The summed E-state index contributed by atoms with van der Waals surface area (Å²) in [7, 11) is -1.04. The first-order valence-corrected chi connectivity index (χ1v) is 5.74. The van der Waals surface area contributed by atoms with Crippen LogP contribution in [0.5, 0.6) is 0 Å². The predicted molar refractivity (Wildman–Crippen MR) is 51.2 cm³/mol. The van der Waals surface area contributed by atoms with Crippen molar-refractivity contribution in [3.05, 3.63) is 30.3 Å². The monoisotopic (exact) mass is 184 g/mol. The molecule has 2 nitrogen and oxygen atoms in total. The molecule has 0 N–H and O–H groups in total. The van der Waals surface area contributed by atoms with E-state index in [9.17, 15) is 4.57 Å². The topological polar surface area (TPSA) is 26.3 Å². The van der Waals surface area contributed by atoms with E-state index in [1.807, 2.05) is 37.3 Å². The first-order chi connectivity index (χ1) is 5.73. The molecule has 0 bridgehead atoms. The van der Waals surface area contributed by atoms with Crippen molar-refractivity contribution in [3.8, 4) is 0 Å². The van der Waals surface area contributed by atoms with Crippen molar-refractivity contribution in [1.82, 2.24) is 0 Å². The highest BCUT2D eigenvalue weighted by molar-refractivity contribution is 7.66. The highest BCUT2D eigenvalue weighted by atomic mass is 31.2. The van der Waals surface area contributed by atoms with Crippen molar-refractivity contribution in [1.29, 1.82) is 0 Å². The Labute approximate surface area is 73.0 Å². The maximum atomic E-state index is 11.9. The van der Waals surface area contributed by atoms with Crippen LogP contribution in [-0.4, -0.2) is 13.3 Å². The lowest BCUT2D eigenvalue weighted by molar-refractivity contribution is 0.404. The van der Waals surface area contributed by atoms with Crippen LogP contribution in [-0.2, 0) is 9.09 Å². The molecule has 12 heavy (non-hydrogen) atoms. The molecule has 0 saturated heterocycles. The lowest BCUT2D eigenvalue weighted by atomic mass is 10.4. The van der Waals surface area contributed by atoms with E-state index in [2.05, 4.69) is 0 Å². The van der Waals surface area contributed by atoms with E-state index >= 15 is 0 Å². The van der Waals surface area contributed by atoms with Gasteiger partial charge >= 0.3 is 0 Å². The summed E-state index contributed by atoms with van der Waals surface area (Å²) >= 11 is 0. The number of hydrogen-bond donors (Lipinski definition) is 0. The molecule has 0 aromatic heterocycles. The minimum absolute atomic E-state index is 0.549. The maximum absolute atomic E-state index is 11.9. The van der Waals surface area contributed by atoms with E-state index in [-0.39, 0.29) is 0 Å². The van der Waals surface area contributed by atoms with Crippen LogP contribution in [0.2, 0.25) is 0 Å². The highest BCUT2D eigenvalue weighted by Crippen LogP contribution is 2.43. The quantitative estimate of drug-likeness (QED) is 0.673. The summed E-state index contributed by atoms with van der Waals surface area (Å²) < 4.78 is 17.0. The van der Waals surface area contributed by atoms with Gasteiger partial charge in [0.25, 0.3) is 0 Å². The summed E-state index contributed by atoms with van der Waals surface area (Å²) in [5, 5.41) is 0.801. The molecule has 0 aliphatic heterocycles. The van der Waals surface area contributed by atoms with Crippen LogP contribution in [0.3, 0.4) is 0 Å². The van der Waals surface area contributed by atoms with E-state index in [4.69, 9.17) is 4.52 Å². The van der Waals surface area contributed by atoms with Gasteiger partial charge in [-0.25, -0.2) is 0 Å². The van der Waals surface area contributed by atoms with Gasteiger partial charge in [-0.3, -0.25) is 4.57 Å².